The molecule has 0 radical (unpaired) electrons. The Labute approximate surface area is 125 Å². The monoisotopic (exact) mass is 321 g/mol. The Morgan fingerprint density at radius 1 is 1.40 bits per heavy atom. The Hall–Kier alpha value is -0.270. The fraction of sp³-hybridized carbons (Fsp3) is 0.923. The molecule has 5 nitrogen and oxygen atoms in total. The molecule has 116 valence electrons. The van der Waals surface area contributed by atoms with Crippen LogP contribution in [0.1, 0.15) is 32.6 Å². The summed E-state index contributed by atoms with van der Waals surface area (Å²) < 4.78 is 31.4. The van der Waals surface area contributed by atoms with Crippen molar-refractivity contribution in [3.8, 4) is 0 Å². The molecule has 1 heterocycles. The van der Waals surface area contributed by atoms with Crippen LogP contribution in [-0.2, 0) is 19.6 Å². The normalized spacial score (nSPS) is 29.5. The van der Waals surface area contributed by atoms with E-state index in [0.29, 0.717) is 11.8 Å². The molecule has 7 heteroatoms. The summed E-state index contributed by atoms with van der Waals surface area (Å²) in [7, 11) is -2.10. The molecular weight excluding hydrogens is 298 g/mol. The lowest BCUT2D eigenvalue weighted by Crippen LogP contribution is -2.52. The third-order valence-electron chi connectivity index (χ3n) is 4.10. The van der Waals surface area contributed by atoms with Crippen molar-refractivity contribution < 1.29 is 17.9 Å². The summed E-state index contributed by atoms with van der Waals surface area (Å²) >= 11 is 1.90. The minimum atomic E-state index is -3.39. The third-order valence-corrected chi connectivity index (χ3v) is 7.59. The van der Waals surface area contributed by atoms with Crippen LogP contribution in [0.15, 0.2) is 0 Å². The standard InChI is InChI=1S/C13H23NO4S2/c1-10(13(15)18-2)9-20(16,17)14-7-8-19-12-6-4-3-5-11(12)14/h10-12H,3-9H2,1-2H3/t10-,11+,12-/m1/s1. The second-order valence-corrected chi connectivity index (χ2v) is 8.89. The molecule has 3 atom stereocenters. The molecule has 1 saturated carbocycles. The predicted octanol–water partition coefficient (Wildman–Crippen LogP) is 1.49. The first-order valence-corrected chi connectivity index (χ1v) is 9.80. The van der Waals surface area contributed by atoms with Crippen molar-refractivity contribution in [3.63, 3.8) is 0 Å². The predicted molar refractivity (Wildman–Crippen MR) is 80.2 cm³/mol. The van der Waals surface area contributed by atoms with Gasteiger partial charge in [0.05, 0.1) is 18.8 Å². The minimum Gasteiger partial charge on any atom is -0.469 e. The summed E-state index contributed by atoms with van der Waals surface area (Å²) in [4.78, 5) is 11.4. The van der Waals surface area contributed by atoms with E-state index in [1.807, 2.05) is 11.8 Å². The van der Waals surface area contributed by atoms with E-state index in [2.05, 4.69) is 4.74 Å². The second kappa shape index (κ2) is 6.66. The highest BCUT2D eigenvalue weighted by molar-refractivity contribution is 8.00. The highest BCUT2D eigenvalue weighted by Crippen LogP contribution is 2.37. The molecule has 2 aliphatic rings. The second-order valence-electron chi connectivity index (χ2n) is 5.57. The van der Waals surface area contributed by atoms with Crippen LogP contribution in [0.3, 0.4) is 0 Å². The van der Waals surface area contributed by atoms with Gasteiger partial charge in [0.25, 0.3) is 0 Å². The van der Waals surface area contributed by atoms with Crippen LogP contribution in [0.2, 0.25) is 0 Å². The molecule has 0 unspecified atom stereocenters. The van der Waals surface area contributed by atoms with Gasteiger partial charge in [-0.15, -0.1) is 0 Å². The fourth-order valence-corrected chi connectivity index (χ4v) is 6.72. The number of methoxy groups -OCH3 is 1. The summed E-state index contributed by atoms with van der Waals surface area (Å²) in [6.45, 7) is 2.18. The Kier molecular flexibility index (Phi) is 5.36. The first kappa shape index (κ1) is 16.1. The summed E-state index contributed by atoms with van der Waals surface area (Å²) in [6.07, 6.45) is 4.35. The van der Waals surface area contributed by atoms with E-state index in [1.54, 1.807) is 11.2 Å². The van der Waals surface area contributed by atoms with E-state index in [0.717, 1.165) is 25.0 Å². The van der Waals surface area contributed by atoms with Crippen molar-refractivity contribution >= 4 is 27.8 Å². The fourth-order valence-electron chi connectivity index (χ4n) is 3.09. The van der Waals surface area contributed by atoms with E-state index >= 15 is 0 Å². The first-order valence-electron chi connectivity index (χ1n) is 7.14. The number of carbonyl (C=O) groups is 1. The Bertz CT molecular complexity index is 449. The molecule has 0 amide bonds. The number of fused-ring (bicyclic) bond motifs is 1. The Morgan fingerprint density at radius 3 is 2.80 bits per heavy atom. The van der Waals surface area contributed by atoms with Crippen molar-refractivity contribution in [2.75, 3.05) is 25.2 Å². The van der Waals surface area contributed by atoms with Gasteiger partial charge < -0.3 is 4.74 Å². The highest BCUT2D eigenvalue weighted by Gasteiger charge is 2.40. The van der Waals surface area contributed by atoms with Crippen LogP contribution in [0.4, 0.5) is 0 Å². The summed E-state index contributed by atoms with van der Waals surface area (Å²) in [6, 6.07) is 0.123. The largest absolute Gasteiger partial charge is 0.469 e. The van der Waals surface area contributed by atoms with Crippen LogP contribution in [0.25, 0.3) is 0 Å². The molecule has 0 aromatic rings. The molecule has 2 fully saturated rings. The van der Waals surface area contributed by atoms with Gasteiger partial charge in [-0.2, -0.15) is 16.1 Å². The molecule has 0 aromatic carbocycles. The van der Waals surface area contributed by atoms with Gasteiger partial charge in [-0.05, 0) is 12.8 Å². The van der Waals surface area contributed by atoms with Crippen LogP contribution < -0.4 is 0 Å². The molecule has 1 saturated heterocycles. The van der Waals surface area contributed by atoms with E-state index in [-0.39, 0.29) is 11.8 Å². The molecule has 0 spiro atoms. The number of esters is 1. The van der Waals surface area contributed by atoms with Gasteiger partial charge in [0.2, 0.25) is 10.0 Å². The lowest BCUT2D eigenvalue weighted by atomic mass is 9.95. The van der Waals surface area contributed by atoms with Crippen molar-refractivity contribution in [1.29, 1.82) is 0 Å². The molecular formula is C13H23NO4S2. The molecule has 0 bridgehead atoms. The molecule has 1 aliphatic heterocycles. The van der Waals surface area contributed by atoms with Gasteiger partial charge in [-0.1, -0.05) is 19.8 Å². The van der Waals surface area contributed by atoms with Crippen LogP contribution in [-0.4, -0.2) is 55.1 Å². The van der Waals surface area contributed by atoms with E-state index in [9.17, 15) is 13.2 Å². The van der Waals surface area contributed by atoms with Gasteiger partial charge in [0.15, 0.2) is 0 Å². The number of ether oxygens (including phenoxy) is 1. The number of nitrogens with zero attached hydrogens (tertiary/aromatic N) is 1. The maximum atomic E-state index is 12.6. The lowest BCUT2D eigenvalue weighted by Gasteiger charge is -2.42. The van der Waals surface area contributed by atoms with Gasteiger partial charge in [-0.25, -0.2) is 8.42 Å². The number of rotatable bonds is 4. The minimum absolute atomic E-state index is 0.123. The topological polar surface area (TPSA) is 63.7 Å². The van der Waals surface area contributed by atoms with E-state index in [1.165, 1.54) is 13.5 Å². The zero-order chi connectivity index (χ0) is 14.8. The number of hydrogen-bond acceptors (Lipinski definition) is 5. The van der Waals surface area contributed by atoms with Crippen LogP contribution in [0, 0.1) is 5.92 Å². The lowest BCUT2D eigenvalue weighted by molar-refractivity contribution is -0.144. The first-order chi connectivity index (χ1) is 9.45. The summed E-state index contributed by atoms with van der Waals surface area (Å²) in [5, 5.41) is 0.431. The number of thioether (sulfide) groups is 1. The van der Waals surface area contributed by atoms with Gasteiger partial charge in [0, 0.05) is 23.6 Å². The average molecular weight is 321 g/mol. The third kappa shape index (κ3) is 3.49. The van der Waals surface area contributed by atoms with Gasteiger partial charge in [0.1, 0.15) is 0 Å². The van der Waals surface area contributed by atoms with Gasteiger partial charge >= 0.3 is 5.97 Å². The van der Waals surface area contributed by atoms with Crippen LogP contribution >= 0.6 is 11.8 Å². The van der Waals surface area contributed by atoms with Crippen molar-refractivity contribution in [2.24, 2.45) is 5.92 Å². The van der Waals surface area contributed by atoms with Crippen molar-refractivity contribution in [2.45, 2.75) is 43.9 Å². The maximum absolute atomic E-state index is 12.6. The molecule has 0 aromatic heterocycles. The maximum Gasteiger partial charge on any atom is 0.309 e. The van der Waals surface area contributed by atoms with E-state index < -0.39 is 21.9 Å². The summed E-state index contributed by atoms with van der Waals surface area (Å²) in [5.74, 6) is -0.359. The highest BCUT2D eigenvalue weighted by atomic mass is 32.2. The number of hydrogen-bond donors (Lipinski definition) is 0. The molecule has 20 heavy (non-hydrogen) atoms. The molecule has 2 rings (SSSR count). The summed E-state index contributed by atoms with van der Waals surface area (Å²) in [5.41, 5.74) is 0. The SMILES string of the molecule is COC(=O)[C@H](C)CS(=O)(=O)N1CCS[C@@H]2CCCC[C@@H]21. The van der Waals surface area contributed by atoms with Gasteiger partial charge in [-0.3, -0.25) is 4.79 Å². The Morgan fingerprint density at radius 2 is 2.10 bits per heavy atom. The zero-order valence-electron chi connectivity index (χ0n) is 12.1. The Balaban J connectivity index is 2.09. The van der Waals surface area contributed by atoms with Crippen molar-refractivity contribution in [3.05, 3.63) is 0 Å². The molecule has 1 aliphatic carbocycles. The number of carbonyl (C=O) groups excluding carboxylic acids is 1. The average Bonchev–Trinajstić information content (AvgIpc) is 2.45. The molecule has 0 N–H and O–H groups in total. The van der Waals surface area contributed by atoms with Crippen molar-refractivity contribution in [1.82, 2.24) is 4.31 Å². The van der Waals surface area contributed by atoms with Crippen LogP contribution in [0.5, 0.6) is 0 Å². The quantitative estimate of drug-likeness (QED) is 0.734. The number of sulfonamides is 1. The zero-order valence-corrected chi connectivity index (χ0v) is 13.7. The van der Waals surface area contributed by atoms with E-state index in [4.69, 9.17) is 0 Å². The smallest absolute Gasteiger partial charge is 0.309 e.